The number of ether oxygens (including phenoxy) is 1. The fourth-order valence-corrected chi connectivity index (χ4v) is 3.58. The van der Waals surface area contributed by atoms with Gasteiger partial charge in [-0.2, -0.15) is 0 Å². The van der Waals surface area contributed by atoms with E-state index >= 15 is 0 Å². The number of rotatable bonds is 7. The number of hydrogen-bond donors (Lipinski definition) is 1. The summed E-state index contributed by atoms with van der Waals surface area (Å²) in [6, 6.07) is 22.9. The molecule has 6 heteroatoms. The average molecular weight is 401 g/mol. The fourth-order valence-electron chi connectivity index (χ4n) is 2.77. The quantitative estimate of drug-likeness (QED) is 0.458. The highest BCUT2D eigenvalue weighted by Gasteiger charge is 2.09. The summed E-state index contributed by atoms with van der Waals surface area (Å²) < 4.78 is 5.58. The van der Waals surface area contributed by atoms with Crippen molar-refractivity contribution in [3.63, 3.8) is 0 Å². The smallest absolute Gasteiger partial charge is 0.227 e. The minimum Gasteiger partial charge on any atom is -0.493 e. The standard InChI is InChI=1S/C23H19N3O2S/c27-22(12-14-28-19-9-2-1-3-10-19)25-18-8-6-7-17(15-18)21-16-29-23(26-21)20-11-4-5-13-24-20/h1-11,13,15-16H,12,14H2,(H,25,27). The van der Waals surface area contributed by atoms with Crippen molar-refractivity contribution in [1.82, 2.24) is 9.97 Å². The minimum absolute atomic E-state index is 0.0921. The van der Waals surface area contributed by atoms with Crippen LogP contribution < -0.4 is 10.1 Å². The highest BCUT2D eigenvalue weighted by Crippen LogP contribution is 2.29. The van der Waals surface area contributed by atoms with Crippen LogP contribution in [0.5, 0.6) is 5.75 Å². The van der Waals surface area contributed by atoms with Gasteiger partial charge in [-0.25, -0.2) is 4.98 Å². The molecule has 2 aromatic heterocycles. The molecule has 0 fully saturated rings. The Balaban J connectivity index is 1.37. The lowest BCUT2D eigenvalue weighted by atomic mass is 10.1. The Bertz CT molecular complexity index is 1080. The minimum atomic E-state index is -0.0921. The van der Waals surface area contributed by atoms with Crippen LogP contribution in [0.1, 0.15) is 6.42 Å². The van der Waals surface area contributed by atoms with E-state index in [9.17, 15) is 4.79 Å². The monoisotopic (exact) mass is 401 g/mol. The Morgan fingerprint density at radius 2 is 1.83 bits per heavy atom. The van der Waals surface area contributed by atoms with E-state index in [4.69, 9.17) is 4.74 Å². The van der Waals surface area contributed by atoms with Crippen molar-refractivity contribution in [3.05, 3.63) is 84.4 Å². The molecule has 0 atom stereocenters. The zero-order valence-electron chi connectivity index (χ0n) is 15.6. The number of carbonyl (C=O) groups excluding carboxylic acids is 1. The molecule has 0 spiro atoms. The molecule has 2 aromatic carbocycles. The van der Waals surface area contributed by atoms with E-state index in [0.717, 1.165) is 33.4 Å². The second-order valence-corrected chi connectivity index (χ2v) is 7.15. The van der Waals surface area contributed by atoms with E-state index in [0.29, 0.717) is 6.61 Å². The Morgan fingerprint density at radius 1 is 0.966 bits per heavy atom. The highest BCUT2D eigenvalue weighted by atomic mass is 32.1. The third-order valence-electron chi connectivity index (χ3n) is 4.17. The van der Waals surface area contributed by atoms with Crippen LogP contribution in [-0.4, -0.2) is 22.5 Å². The predicted octanol–water partition coefficient (Wildman–Crippen LogP) is 5.28. The number of nitrogens with one attached hydrogen (secondary N) is 1. The van der Waals surface area contributed by atoms with Gasteiger partial charge < -0.3 is 10.1 Å². The molecule has 4 aromatic rings. The van der Waals surface area contributed by atoms with Crippen LogP contribution in [0.15, 0.2) is 84.4 Å². The van der Waals surface area contributed by atoms with Crippen molar-refractivity contribution >= 4 is 22.9 Å². The van der Waals surface area contributed by atoms with Gasteiger partial charge in [0.15, 0.2) is 0 Å². The molecular weight excluding hydrogens is 382 g/mol. The third-order valence-corrected chi connectivity index (χ3v) is 5.04. The Morgan fingerprint density at radius 3 is 2.66 bits per heavy atom. The molecule has 4 rings (SSSR count). The highest BCUT2D eigenvalue weighted by molar-refractivity contribution is 7.13. The lowest BCUT2D eigenvalue weighted by Gasteiger charge is -2.08. The lowest BCUT2D eigenvalue weighted by molar-refractivity contribution is -0.116. The maximum atomic E-state index is 12.2. The summed E-state index contributed by atoms with van der Waals surface area (Å²) in [5, 5.41) is 5.79. The molecule has 0 saturated carbocycles. The summed E-state index contributed by atoms with van der Waals surface area (Å²) in [6.45, 7) is 0.328. The van der Waals surface area contributed by atoms with Crippen molar-refractivity contribution in [1.29, 1.82) is 0 Å². The van der Waals surface area contributed by atoms with Gasteiger partial charge in [0.05, 0.1) is 24.4 Å². The van der Waals surface area contributed by atoms with E-state index in [1.54, 1.807) is 17.5 Å². The van der Waals surface area contributed by atoms with Crippen LogP contribution in [0.25, 0.3) is 22.0 Å². The maximum Gasteiger partial charge on any atom is 0.227 e. The first-order valence-electron chi connectivity index (χ1n) is 9.23. The number of aromatic nitrogens is 2. The van der Waals surface area contributed by atoms with E-state index in [1.807, 2.05) is 78.2 Å². The van der Waals surface area contributed by atoms with Crippen LogP contribution in [0, 0.1) is 0 Å². The largest absolute Gasteiger partial charge is 0.493 e. The molecule has 29 heavy (non-hydrogen) atoms. The van der Waals surface area contributed by atoms with Crippen LogP contribution >= 0.6 is 11.3 Å². The zero-order valence-corrected chi connectivity index (χ0v) is 16.4. The Labute approximate surface area is 173 Å². The number of benzene rings is 2. The van der Waals surface area contributed by atoms with Gasteiger partial charge in [0, 0.05) is 22.8 Å². The van der Waals surface area contributed by atoms with Crippen molar-refractivity contribution in [2.45, 2.75) is 6.42 Å². The van der Waals surface area contributed by atoms with Crippen molar-refractivity contribution in [2.75, 3.05) is 11.9 Å². The first-order valence-corrected chi connectivity index (χ1v) is 10.1. The van der Waals surface area contributed by atoms with Crippen LogP contribution in [-0.2, 0) is 4.79 Å². The predicted molar refractivity (Wildman–Crippen MR) is 116 cm³/mol. The average Bonchev–Trinajstić information content (AvgIpc) is 3.26. The first-order chi connectivity index (χ1) is 14.3. The number of pyridine rings is 1. The van der Waals surface area contributed by atoms with Gasteiger partial charge in [-0.05, 0) is 36.4 Å². The molecule has 1 N–H and O–H groups in total. The van der Waals surface area contributed by atoms with Crippen LogP contribution in [0.3, 0.4) is 0 Å². The fraction of sp³-hybridized carbons (Fsp3) is 0.0870. The van der Waals surface area contributed by atoms with Crippen LogP contribution in [0.2, 0.25) is 0 Å². The number of para-hydroxylation sites is 1. The second kappa shape index (κ2) is 9.12. The van der Waals surface area contributed by atoms with Gasteiger partial charge in [0.25, 0.3) is 0 Å². The molecule has 0 aliphatic rings. The number of amides is 1. The number of thiazole rings is 1. The molecule has 1 amide bonds. The van der Waals surface area contributed by atoms with Crippen molar-refractivity contribution in [2.24, 2.45) is 0 Å². The van der Waals surface area contributed by atoms with Gasteiger partial charge in [-0.15, -0.1) is 11.3 Å². The van der Waals surface area contributed by atoms with E-state index in [2.05, 4.69) is 15.3 Å². The molecular formula is C23H19N3O2S. The number of nitrogens with zero attached hydrogens (tertiary/aromatic N) is 2. The molecule has 0 bridgehead atoms. The van der Waals surface area contributed by atoms with E-state index in [-0.39, 0.29) is 12.3 Å². The Hall–Kier alpha value is -3.51. The van der Waals surface area contributed by atoms with E-state index < -0.39 is 0 Å². The van der Waals surface area contributed by atoms with E-state index in [1.165, 1.54) is 0 Å². The SMILES string of the molecule is O=C(CCOc1ccccc1)Nc1cccc(-c2csc(-c3ccccn3)n2)c1. The number of hydrogen-bond acceptors (Lipinski definition) is 5. The molecule has 0 unspecified atom stereocenters. The molecule has 2 heterocycles. The Kier molecular flexibility index (Phi) is 5.92. The summed E-state index contributed by atoms with van der Waals surface area (Å²) in [6.07, 6.45) is 2.04. The summed E-state index contributed by atoms with van der Waals surface area (Å²) in [5.41, 5.74) is 3.40. The molecule has 0 aliphatic carbocycles. The zero-order chi connectivity index (χ0) is 19.9. The summed E-state index contributed by atoms with van der Waals surface area (Å²) >= 11 is 1.55. The van der Waals surface area contributed by atoms with Gasteiger partial charge >= 0.3 is 0 Å². The normalized spacial score (nSPS) is 10.5. The molecule has 5 nitrogen and oxygen atoms in total. The number of carbonyl (C=O) groups is 1. The number of anilines is 1. The van der Waals surface area contributed by atoms with Crippen LogP contribution in [0.4, 0.5) is 5.69 Å². The van der Waals surface area contributed by atoms with Gasteiger partial charge in [0.1, 0.15) is 10.8 Å². The van der Waals surface area contributed by atoms with Gasteiger partial charge in [-0.3, -0.25) is 9.78 Å². The van der Waals surface area contributed by atoms with Crippen molar-refractivity contribution < 1.29 is 9.53 Å². The lowest BCUT2D eigenvalue weighted by Crippen LogP contribution is -2.15. The summed E-state index contributed by atoms with van der Waals surface area (Å²) in [5.74, 6) is 0.667. The molecule has 0 aliphatic heterocycles. The summed E-state index contributed by atoms with van der Waals surface area (Å²) in [7, 11) is 0. The molecule has 0 radical (unpaired) electrons. The molecule has 144 valence electrons. The third kappa shape index (κ3) is 5.06. The second-order valence-electron chi connectivity index (χ2n) is 6.29. The van der Waals surface area contributed by atoms with Crippen molar-refractivity contribution in [3.8, 4) is 27.7 Å². The molecule has 0 saturated heterocycles. The van der Waals surface area contributed by atoms with Gasteiger partial charge in [0.2, 0.25) is 5.91 Å². The summed E-state index contributed by atoms with van der Waals surface area (Å²) in [4.78, 5) is 21.2. The topological polar surface area (TPSA) is 64.1 Å². The van der Waals surface area contributed by atoms with Gasteiger partial charge in [-0.1, -0.05) is 36.4 Å². The first kappa shape index (κ1) is 18.8. The maximum absolute atomic E-state index is 12.2.